The molecule has 2 heterocycles. The van der Waals surface area contributed by atoms with Crippen LogP contribution in [0, 0.1) is 13.8 Å². The number of rotatable bonds is 5. The van der Waals surface area contributed by atoms with Gasteiger partial charge in [0.25, 0.3) is 5.91 Å². The number of carboxylic acid groups (broad SMARTS) is 1. The van der Waals surface area contributed by atoms with E-state index in [-0.39, 0.29) is 25.7 Å². The van der Waals surface area contributed by atoms with E-state index >= 15 is 0 Å². The van der Waals surface area contributed by atoms with Crippen molar-refractivity contribution < 1.29 is 28.7 Å². The third kappa shape index (κ3) is 3.70. The normalized spacial score (nSPS) is 17.2. The number of aryl methyl sites for hydroxylation is 2. The van der Waals surface area contributed by atoms with Gasteiger partial charge >= 0.3 is 5.97 Å². The lowest BCUT2D eigenvalue weighted by Gasteiger charge is -2.31. The van der Waals surface area contributed by atoms with Crippen LogP contribution in [0.4, 0.5) is 0 Å². The van der Waals surface area contributed by atoms with Gasteiger partial charge in [-0.1, -0.05) is 17.3 Å². The van der Waals surface area contributed by atoms with Crippen molar-refractivity contribution in [3.05, 3.63) is 46.8 Å². The number of carbonyl (C=O) groups excluding carboxylic acids is 1. The Hall–Kier alpha value is -2.87. The average molecular weight is 360 g/mol. The molecule has 1 aromatic carbocycles. The fourth-order valence-corrected chi connectivity index (χ4v) is 2.78. The van der Waals surface area contributed by atoms with Gasteiger partial charge in [-0.15, -0.1) is 0 Å². The van der Waals surface area contributed by atoms with Gasteiger partial charge in [-0.25, -0.2) is 4.79 Å². The van der Waals surface area contributed by atoms with Gasteiger partial charge in [0.05, 0.1) is 30.0 Å². The zero-order chi connectivity index (χ0) is 18.7. The van der Waals surface area contributed by atoms with Crippen LogP contribution in [0.25, 0.3) is 0 Å². The summed E-state index contributed by atoms with van der Waals surface area (Å²) < 4.78 is 16.1. The molecule has 1 fully saturated rings. The highest BCUT2D eigenvalue weighted by molar-refractivity contribution is 5.97. The van der Waals surface area contributed by atoms with Crippen LogP contribution in [0.1, 0.15) is 27.4 Å². The van der Waals surface area contributed by atoms with Gasteiger partial charge in [-0.2, -0.15) is 0 Å². The van der Waals surface area contributed by atoms with Crippen LogP contribution in [0.5, 0.6) is 5.75 Å². The minimum atomic E-state index is -1.08. The summed E-state index contributed by atoms with van der Waals surface area (Å²) in [5, 5.41) is 13.0. The van der Waals surface area contributed by atoms with Crippen LogP contribution in [0.15, 0.2) is 28.8 Å². The first-order valence-corrected chi connectivity index (χ1v) is 8.24. The third-order valence-electron chi connectivity index (χ3n) is 4.30. The molecule has 0 unspecified atom stereocenters. The van der Waals surface area contributed by atoms with Crippen molar-refractivity contribution >= 4 is 11.9 Å². The monoisotopic (exact) mass is 360 g/mol. The number of morpholine rings is 1. The summed E-state index contributed by atoms with van der Waals surface area (Å²) in [7, 11) is 0. The van der Waals surface area contributed by atoms with E-state index in [9.17, 15) is 9.59 Å². The molecule has 1 aliphatic heterocycles. The number of aliphatic carboxylic acids is 1. The van der Waals surface area contributed by atoms with E-state index in [4.69, 9.17) is 19.1 Å². The summed E-state index contributed by atoms with van der Waals surface area (Å²) >= 11 is 0. The number of hydrogen-bond acceptors (Lipinski definition) is 6. The number of ether oxygens (including phenoxy) is 2. The molecular formula is C18H20N2O6. The first-order valence-electron chi connectivity index (χ1n) is 8.24. The number of carboxylic acids is 1. The minimum absolute atomic E-state index is 0.00632. The van der Waals surface area contributed by atoms with Gasteiger partial charge in [0, 0.05) is 6.54 Å². The van der Waals surface area contributed by atoms with E-state index in [1.54, 1.807) is 31.2 Å². The molecule has 2 aromatic rings. The van der Waals surface area contributed by atoms with Gasteiger partial charge in [0.2, 0.25) is 0 Å². The Bertz CT molecular complexity index is 796. The summed E-state index contributed by atoms with van der Waals surface area (Å²) in [6.07, 6.45) is -1.01. The SMILES string of the molecule is Cc1noc(C)c1COc1ccccc1C(=O)N1CCO[C@@H](C(=O)O)C1. The molecule has 0 saturated carbocycles. The smallest absolute Gasteiger partial charge is 0.334 e. The van der Waals surface area contributed by atoms with Crippen molar-refractivity contribution in [1.82, 2.24) is 10.1 Å². The van der Waals surface area contributed by atoms with Crippen LogP contribution in [-0.4, -0.2) is 52.8 Å². The maximum atomic E-state index is 12.9. The molecule has 1 amide bonds. The highest BCUT2D eigenvalue weighted by Crippen LogP contribution is 2.23. The summed E-state index contributed by atoms with van der Waals surface area (Å²) in [6.45, 7) is 4.38. The van der Waals surface area contributed by atoms with Crippen molar-refractivity contribution in [1.29, 1.82) is 0 Å². The second-order valence-electron chi connectivity index (χ2n) is 6.04. The highest BCUT2D eigenvalue weighted by Gasteiger charge is 2.30. The van der Waals surface area contributed by atoms with E-state index in [0.717, 1.165) is 11.3 Å². The predicted molar refractivity (Wildman–Crippen MR) is 90.0 cm³/mol. The molecule has 1 saturated heterocycles. The number of amides is 1. The Morgan fingerprint density at radius 1 is 1.35 bits per heavy atom. The molecular weight excluding hydrogens is 340 g/mol. The zero-order valence-corrected chi connectivity index (χ0v) is 14.6. The first-order chi connectivity index (χ1) is 12.5. The van der Waals surface area contributed by atoms with Crippen LogP contribution >= 0.6 is 0 Å². The Morgan fingerprint density at radius 2 is 2.12 bits per heavy atom. The van der Waals surface area contributed by atoms with Crippen molar-refractivity contribution in [3.63, 3.8) is 0 Å². The minimum Gasteiger partial charge on any atom is -0.488 e. The highest BCUT2D eigenvalue weighted by atomic mass is 16.5. The van der Waals surface area contributed by atoms with Crippen LogP contribution in [0.3, 0.4) is 0 Å². The molecule has 3 rings (SSSR count). The first kappa shape index (κ1) is 17.9. The number of carbonyl (C=O) groups is 2. The van der Waals surface area contributed by atoms with Crippen LogP contribution in [0.2, 0.25) is 0 Å². The molecule has 1 aliphatic rings. The largest absolute Gasteiger partial charge is 0.488 e. The summed E-state index contributed by atoms with van der Waals surface area (Å²) in [6, 6.07) is 6.89. The standard InChI is InChI=1S/C18H20N2O6/c1-11-14(12(2)26-19-11)10-25-15-6-4-3-5-13(15)17(21)20-7-8-24-16(9-20)18(22)23/h3-6,16H,7-10H2,1-2H3,(H,22,23)/t16-/m1/s1. The van der Waals surface area contributed by atoms with E-state index < -0.39 is 12.1 Å². The number of benzene rings is 1. The van der Waals surface area contributed by atoms with Gasteiger partial charge in [-0.3, -0.25) is 4.79 Å². The lowest BCUT2D eigenvalue weighted by atomic mass is 10.1. The molecule has 1 aromatic heterocycles. The van der Waals surface area contributed by atoms with Gasteiger partial charge in [0.15, 0.2) is 6.10 Å². The van der Waals surface area contributed by atoms with Gasteiger partial charge < -0.3 is 24.0 Å². The molecule has 0 spiro atoms. The fourth-order valence-electron chi connectivity index (χ4n) is 2.78. The summed E-state index contributed by atoms with van der Waals surface area (Å²) in [5.74, 6) is -0.265. The number of aromatic nitrogens is 1. The van der Waals surface area contributed by atoms with E-state index in [2.05, 4.69) is 5.16 Å². The molecule has 8 nitrogen and oxygen atoms in total. The lowest BCUT2D eigenvalue weighted by molar-refractivity contribution is -0.154. The molecule has 1 atom stereocenters. The molecule has 138 valence electrons. The summed E-state index contributed by atoms with van der Waals surface area (Å²) in [5.41, 5.74) is 1.96. The van der Waals surface area contributed by atoms with Crippen molar-refractivity contribution in [2.24, 2.45) is 0 Å². The number of nitrogens with zero attached hydrogens (tertiary/aromatic N) is 2. The van der Waals surface area contributed by atoms with Gasteiger partial charge in [0.1, 0.15) is 18.1 Å². The van der Waals surface area contributed by atoms with Crippen molar-refractivity contribution in [3.8, 4) is 5.75 Å². The van der Waals surface area contributed by atoms with Crippen molar-refractivity contribution in [2.45, 2.75) is 26.6 Å². The van der Waals surface area contributed by atoms with E-state index in [0.29, 0.717) is 23.6 Å². The zero-order valence-electron chi connectivity index (χ0n) is 14.6. The topological polar surface area (TPSA) is 102 Å². The van der Waals surface area contributed by atoms with E-state index in [1.165, 1.54) is 4.90 Å². The maximum Gasteiger partial charge on any atom is 0.334 e. The van der Waals surface area contributed by atoms with Crippen LogP contribution < -0.4 is 4.74 Å². The molecule has 0 aliphatic carbocycles. The quantitative estimate of drug-likeness (QED) is 0.867. The Morgan fingerprint density at radius 3 is 2.81 bits per heavy atom. The van der Waals surface area contributed by atoms with E-state index in [1.807, 2.05) is 6.92 Å². The molecule has 0 bridgehead atoms. The third-order valence-corrected chi connectivity index (χ3v) is 4.30. The van der Waals surface area contributed by atoms with Crippen LogP contribution in [-0.2, 0) is 16.1 Å². The summed E-state index contributed by atoms with van der Waals surface area (Å²) in [4.78, 5) is 25.4. The Kier molecular flexibility index (Phi) is 5.22. The lowest BCUT2D eigenvalue weighted by Crippen LogP contribution is -2.48. The molecule has 0 radical (unpaired) electrons. The molecule has 8 heteroatoms. The Labute approximate surface area is 150 Å². The fraction of sp³-hybridized carbons (Fsp3) is 0.389. The second kappa shape index (κ2) is 7.57. The van der Waals surface area contributed by atoms with Crippen molar-refractivity contribution in [2.75, 3.05) is 19.7 Å². The number of hydrogen-bond donors (Lipinski definition) is 1. The Balaban J connectivity index is 1.76. The average Bonchev–Trinajstić information content (AvgIpc) is 2.97. The van der Waals surface area contributed by atoms with Gasteiger partial charge in [-0.05, 0) is 26.0 Å². The maximum absolute atomic E-state index is 12.9. The second-order valence-corrected chi connectivity index (χ2v) is 6.04. The molecule has 1 N–H and O–H groups in total. The molecule has 26 heavy (non-hydrogen) atoms. The number of para-hydroxylation sites is 1. The predicted octanol–water partition coefficient (Wildman–Crippen LogP) is 1.80.